The minimum atomic E-state index is -0.307. The number of hydrogen-bond donors (Lipinski definition) is 0. The maximum absolute atomic E-state index is 10.3. The van der Waals surface area contributed by atoms with Gasteiger partial charge in [0.25, 0.3) is 0 Å². The molecule has 0 N–H and O–H groups in total. The monoisotopic (exact) mass is 198 g/mol. The van der Waals surface area contributed by atoms with E-state index in [1.54, 1.807) is 24.3 Å². The van der Waals surface area contributed by atoms with Crippen molar-refractivity contribution in [3.05, 3.63) is 24.3 Å². The second-order valence-electron chi connectivity index (χ2n) is 2.46. The number of hydrogen-bond acceptors (Lipinski definition) is 4. The highest BCUT2D eigenvalue weighted by Gasteiger charge is 1.86. The Hall–Kier alpha value is -1.58. The molecule has 0 aliphatic heterocycles. The Kier molecular flexibility index (Phi) is 7.13. The molecule has 0 atom stereocenters. The lowest BCUT2D eigenvalue weighted by atomic mass is 10.4. The summed E-state index contributed by atoms with van der Waals surface area (Å²) in [4.78, 5) is 20.6. The van der Waals surface area contributed by atoms with E-state index in [1.165, 1.54) is 13.8 Å². The molecule has 0 heterocycles. The van der Waals surface area contributed by atoms with Gasteiger partial charge in [0.05, 0.1) is 0 Å². The molecule has 0 rings (SSSR count). The Morgan fingerprint density at radius 3 is 1.57 bits per heavy atom. The van der Waals surface area contributed by atoms with Crippen LogP contribution in [0.1, 0.15) is 13.8 Å². The second kappa shape index (κ2) is 8.04. The van der Waals surface area contributed by atoms with Crippen LogP contribution >= 0.6 is 0 Å². The molecule has 78 valence electrons. The summed E-state index contributed by atoms with van der Waals surface area (Å²) in [6, 6.07) is 0. The number of allylic oxidation sites excluding steroid dienone is 2. The average molecular weight is 198 g/mol. The molecule has 0 aliphatic carbocycles. The molecule has 0 radical (unpaired) electrons. The minimum Gasteiger partial charge on any atom is -0.462 e. The molecule has 0 amide bonds. The first kappa shape index (κ1) is 12.4. The van der Waals surface area contributed by atoms with Crippen molar-refractivity contribution in [3.63, 3.8) is 0 Å². The zero-order valence-corrected chi connectivity index (χ0v) is 8.36. The van der Waals surface area contributed by atoms with E-state index in [9.17, 15) is 9.59 Å². The maximum atomic E-state index is 10.3. The van der Waals surface area contributed by atoms with Crippen molar-refractivity contribution < 1.29 is 19.1 Å². The highest BCUT2D eigenvalue weighted by atomic mass is 16.5. The Morgan fingerprint density at radius 1 is 0.929 bits per heavy atom. The van der Waals surface area contributed by atoms with E-state index in [4.69, 9.17) is 0 Å². The van der Waals surface area contributed by atoms with Crippen molar-refractivity contribution in [2.45, 2.75) is 13.8 Å². The fourth-order valence-electron chi connectivity index (χ4n) is 0.599. The molecular weight excluding hydrogens is 184 g/mol. The summed E-state index contributed by atoms with van der Waals surface area (Å²) < 4.78 is 9.28. The van der Waals surface area contributed by atoms with Crippen LogP contribution in [-0.2, 0) is 19.1 Å². The van der Waals surface area contributed by atoms with E-state index < -0.39 is 0 Å². The van der Waals surface area contributed by atoms with Crippen LogP contribution in [0, 0.1) is 0 Å². The van der Waals surface area contributed by atoms with Gasteiger partial charge in [-0.05, 0) is 12.2 Å². The van der Waals surface area contributed by atoms with Crippen LogP contribution < -0.4 is 0 Å². The Balaban J connectivity index is 3.41. The van der Waals surface area contributed by atoms with Crippen molar-refractivity contribution in [2.24, 2.45) is 0 Å². The molecule has 0 aromatic carbocycles. The fourth-order valence-corrected chi connectivity index (χ4v) is 0.599. The van der Waals surface area contributed by atoms with Gasteiger partial charge in [0.15, 0.2) is 0 Å². The van der Waals surface area contributed by atoms with Crippen LogP contribution in [-0.4, -0.2) is 25.2 Å². The van der Waals surface area contributed by atoms with E-state index in [-0.39, 0.29) is 25.2 Å². The zero-order chi connectivity index (χ0) is 10.8. The summed E-state index contributed by atoms with van der Waals surface area (Å²) in [6.45, 7) is 3.22. The van der Waals surface area contributed by atoms with E-state index in [1.807, 2.05) is 0 Å². The molecule has 0 saturated heterocycles. The summed E-state index contributed by atoms with van der Waals surface area (Å²) in [6.07, 6.45) is 6.80. The van der Waals surface area contributed by atoms with Gasteiger partial charge < -0.3 is 9.47 Å². The van der Waals surface area contributed by atoms with Crippen LogP contribution in [0.5, 0.6) is 0 Å². The van der Waals surface area contributed by atoms with Gasteiger partial charge in [-0.1, -0.05) is 12.2 Å². The van der Waals surface area contributed by atoms with Gasteiger partial charge in [0, 0.05) is 13.8 Å². The van der Waals surface area contributed by atoms with Crippen LogP contribution in [0.2, 0.25) is 0 Å². The number of esters is 2. The molecule has 0 aromatic rings. The van der Waals surface area contributed by atoms with Crippen molar-refractivity contribution in [1.82, 2.24) is 0 Å². The molecular formula is C10H14O4. The molecule has 0 saturated carbocycles. The number of rotatable bonds is 5. The third-order valence-corrected chi connectivity index (χ3v) is 1.15. The third kappa shape index (κ3) is 10.4. The van der Waals surface area contributed by atoms with Gasteiger partial charge in [-0.15, -0.1) is 0 Å². The SMILES string of the molecule is CC(=O)OC/C=C\C=C/COC(C)=O. The molecule has 0 aliphatic rings. The number of carbonyl (C=O) groups is 2. The highest BCUT2D eigenvalue weighted by molar-refractivity contribution is 5.66. The summed E-state index contributed by atoms with van der Waals surface area (Å²) in [7, 11) is 0. The van der Waals surface area contributed by atoms with Gasteiger partial charge in [0.2, 0.25) is 0 Å². The topological polar surface area (TPSA) is 52.6 Å². The molecule has 0 spiro atoms. The van der Waals surface area contributed by atoms with Gasteiger partial charge in [0.1, 0.15) is 13.2 Å². The quantitative estimate of drug-likeness (QED) is 0.492. The normalized spacial score (nSPS) is 10.7. The minimum absolute atomic E-state index is 0.257. The standard InChI is InChI=1S/C10H14O4/c1-9(11)13-7-5-3-4-6-8-14-10(2)12/h3-6H,7-8H2,1-2H3/b5-3-,6-4-. The summed E-state index contributed by atoms with van der Waals surface area (Å²) in [5.41, 5.74) is 0. The first-order valence-corrected chi connectivity index (χ1v) is 4.21. The van der Waals surface area contributed by atoms with Crippen LogP contribution in [0.15, 0.2) is 24.3 Å². The van der Waals surface area contributed by atoms with Gasteiger partial charge in [-0.25, -0.2) is 0 Å². The van der Waals surface area contributed by atoms with E-state index >= 15 is 0 Å². The molecule has 14 heavy (non-hydrogen) atoms. The molecule has 4 nitrogen and oxygen atoms in total. The summed E-state index contributed by atoms with van der Waals surface area (Å²) >= 11 is 0. The van der Waals surface area contributed by atoms with Crippen molar-refractivity contribution in [3.8, 4) is 0 Å². The van der Waals surface area contributed by atoms with Crippen LogP contribution in [0.25, 0.3) is 0 Å². The van der Waals surface area contributed by atoms with Gasteiger partial charge in [-0.3, -0.25) is 9.59 Å². The predicted molar refractivity (Wildman–Crippen MR) is 51.5 cm³/mol. The predicted octanol–water partition coefficient (Wildman–Crippen LogP) is 1.22. The molecule has 4 heteroatoms. The number of ether oxygens (including phenoxy) is 2. The smallest absolute Gasteiger partial charge is 0.302 e. The van der Waals surface area contributed by atoms with E-state index in [0.29, 0.717) is 0 Å². The van der Waals surface area contributed by atoms with Crippen molar-refractivity contribution in [2.75, 3.05) is 13.2 Å². The lowest BCUT2D eigenvalue weighted by molar-refractivity contribution is -0.140. The largest absolute Gasteiger partial charge is 0.462 e. The van der Waals surface area contributed by atoms with Crippen LogP contribution in [0.4, 0.5) is 0 Å². The number of carbonyl (C=O) groups excluding carboxylic acids is 2. The maximum Gasteiger partial charge on any atom is 0.302 e. The second-order valence-corrected chi connectivity index (χ2v) is 2.46. The Bertz CT molecular complexity index is 215. The molecule has 0 bridgehead atoms. The van der Waals surface area contributed by atoms with Gasteiger partial charge >= 0.3 is 11.9 Å². The van der Waals surface area contributed by atoms with Crippen molar-refractivity contribution in [1.29, 1.82) is 0 Å². The fraction of sp³-hybridized carbons (Fsp3) is 0.400. The Labute approximate surface area is 83.2 Å². The molecule has 0 aromatic heterocycles. The lowest BCUT2D eigenvalue weighted by Crippen LogP contribution is -1.97. The summed E-state index contributed by atoms with van der Waals surface area (Å²) in [5.74, 6) is -0.614. The summed E-state index contributed by atoms with van der Waals surface area (Å²) in [5, 5.41) is 0. The van der Waals surface area contributed by atoms with Crippen LogP contribution in [0.3, 0.4) is 0 Å². The first-order chi connectivity index (χ1) is 6.63. The van der Waals surface area contributed by atoms with E-state index in [2.05, 4.69) is 9.47 Å². The molecule has 0 unspecified atom stereocenters. The lowest BCUT2D eigenvalue weighted by Gasteiger charge is -1.94. The van der Waals surface area contributed by atoms with Crippen molar-refractivity contribution >= 4 is 11.9 Å². The highest BCUT2D eigenvalue weighted by Crippen LogP contribution is 1.83. The molecule has 0 fully saturated rings. The first-order valence-electron chi connectivity index (χ1n) is 4.21. The average Bonchev–Trinajstić information content (AvgIpc) is 2.08. The zero-order valence-electron chi connectivity index (χ0n) is 8.36. The Morgan fingerprint density at radius 2 is 1.29 bits per heavy atom. The van der Waals surface area contributed by atoms with Gasteiger partial charge in [-0.2, -0.15) is 0 Å². The third-order valence-electron chi connectivity index (χ3n) is 1.15. The van der Waals surface area contributed by atoms with E-state index in [0.717, 1.165) is 0 Å².